The van der Waals surface area contributed by atoms with Gasteiger partial charge in [0.15, 0.2) is 0 Å². The summed E-state index contributed by atoms with van der Waals surface area (Å²) in [5.41, 5.74) is 1.28. The minimum absolute atomic E-state index is 0.294. The van der Waals surface area contributed by atoms with Gasteiger partial charge in [-0.1, -0.05) is 30.3 Å². The Labute approximate surface area is 102 Å². The molecule has 0 radical (unpaired) electrons. The molecule has 2 rings (SSSR count). The molecule has 0 spiro atoms. The number of rotatable bonds is 4. The van der Waals surface area contributed by atoms with Crippen molar-refractivity contribution in [2.75, 3.05) is 18.8 Å². The van der Waals surface area contributed by atoms with Crippen LogP contribution in [0.5, 0.6) is 0 Å². The van der Waals surface area contributed by atoms with E-state index in [0.29, 0.717) is 18.2 Å². The lowest BCUT2D eigenvalue weighted by Gasteiger charge is -2.22. The maximum Gasteiger partial charge on any atom is 0.222 e. The largest absolute Gasteiger partial charge is 0.342 e. The molecular weight excluding hydrogens is 218 g/mol. The molecule has 0 aliphatic carbocycles. The predicted molar refractivity (Wildman–Crippen MR) is 68.9 cm³/mol. The van der Waals surface area contributed by atoms with Crippen LogP contribution >= 0.6 is 12.6 Å². The molecule has 16 heavy (non-hydrogen) atoms. The normalized spacial score (nSPS) is 17.8. The van der Waals surface area contributed by atoms with Crippen LogP contribution in [-0.4, -0.2) is 29.6 Å². The lowest BCUT2D eigenvalue weighted by atomic mass is 10.0. The first-order valence-corrected chi connectivity index (χ1v) is 6.38. The molecule has 1 amide bonds. The standard InChI is InChI=1S/C13H17NOS/c15-13-7-4-8-14(13)9-12(10-16)11-5-2-1-3-6-11/h1-3,5-6,12,16H,4,7-10H2. The number of thiol groups is 1. The molecule has 1 saturated heterocycles. The zero-order valence-corrected chi connectivity index (χ0v) is 10.2. The molecule has 1 atom stereocenters. The average molecular weight is 235 g/mol. The molecule has 1 aromatic carbocycles. The fourth-order valence-corrected chi connectivity index (χ4v) is 2.48. The van der Waals surface area contributed by atoms with Crippen molar-refractivity contribution in [1.29, 1.82) is 0 Å². The van der Waals surface area contributed by atoms with Gasteiger partial charge >= 0.3 is 0 Å². The average Bonchev–Trinajstić information content (AvgIpc) is 2.73. The third-order valence-electron chi connectivity index (χ3n) is 3.10. The lowest BCUT2D eigenvalue weighted by Crippen LogP contribution is -2.30. The van der Waals surface area contributed by atoms with Crippen LogP contribution in [0.1, 0.15) is 24.3 Å². The maximum absolute atomic E-state index is 11.6. The highest BCUT2D eigenvalue weighted by Crippen LogP contribution is 2.21. The van der Waals surface area contributed by atoms with Crippen LogP contribution in [0.4, 0.5) is 0 Å². The molecule has 3 heteroatoms. The summed E-state index contributed by atoms with van der Waals surface area (Å²) in [7, 11) is 0. The first kappa shape index (κ1) is 11.5. The van der Waals surface area contributed by atoms with Crippen molar-refractivity contribution in [3.63, 3.8) is 0 Å². The summed E-state index contributed by atoms with van der Waals surface area (Å²) in [6.07, 6.45) is 1.72. The minimum atomic E-state index is 0.294. The first-order valence-electron chi connectivity index (χ1n) is 5.75. The van der Waals surface area contributed by atoms with Gasteiger partial charge in [0.1, 0.15) is 0 Å². The molecule has 0 saturated carbocycles. The molecule has 1 aliphatic heterocycles. The number of hydrogen-bond acceptors (Lipinski definition) is 2. The zero-order valence-electron chi connectivity index (χ0n) is 9.30. The van der Waals surface area contributed by atoms with E-state index < -0.39 is 0 Å². The monoisotopic (exact) mass is 235 g/mol. The van der Waals surface area contributed by atoms with Crippen LogP contribution in [0.15, 0.2) is 30.3 Å². The highest BCUT2D eigenvalue weighted by Gasteiger charge is 2.23. The van der Waals surface area contributed by atoms with Gasteiger partial charge in [0.2, 0.25) is 5.91 Å². The molecule has 0 aromatic heterocycles. The van der Waals surface area contributed by atoms with Crippen LogP contribution in [0.3, 0.4) is 0 Å². The van der Waals surface area contributed by atoms with Crippen molar-refractivity contribution in [1.82, 2.24) is 4.90 Å². The van der Waals surface area contributed by atoms with E-state index in [0.717, 1.165) is 25.3 Å². The molecule has 1 heterocycles. The minimum Gasteiger partial charge on any atom is -0.342 e. The van der Waals surface area contributed by atoms with Crippen molar-refractivity contribution in [3.8, 4) is 0 Å². The van der Waals surface area contributed by atoms with Crippen molar-refractivity contribution in [3.05, 3.63) is 35.9 Å². The van der Waals surface area contributed by atoms with Crippen molar-refractivity contribution in [2.45, 2.75) is 18.8 Å². The molecule has 0 bridgehead atoms. The summed E-state index contributed by atoms with van der Waals surface area (Å²) in [6, 6.07) is 10.3. The van der Waals surface area contributed by atoms with Gasteiger partial charge in [-0.3, -0.25) is 4.79 Å². The Morgan fingerprint density at radius 1 is 1.31 bits per heavy atom. The second kappa shape index (κ2) is 5.39. The number of carbonyl (C=O) groups is 1. The Morgan fingerprint density at radius 3 is 2.62 bits per heavy atom. The number of hydrogen-bond donors (Lipinski definition) is 1. The summed E-state index contributed by atoms with van der Waals surface area (Å²) in [5.74, 6) is 1.43. The first-order chi connectivity index (χ1) is 7.81. The number of nitrogens with zero attached hydrogens (tertiary/aromatic N) is 1. The third-order valence-corrected chi connectivity index (χ3v) is 3.54. The fourth-order valence-electron chi connectivity index (χ4n) is 2.16. The Kier molecular flexibility index (Phi) is 3.88. The number of amides is 1. The molecule has 2 nitrogen and oxygen atoms in total. The van der Waals surface area contributed by atoms with E-state index >= 15 is 0 Å². The van der Waals surface area contributed by atoms with E-state index in [2.05, 4.69) is 24.8 Å². The smallest absolute Gasteiger partial charge is 0.222 e. The van der Waals surface area contributed by atoms with Crippen molar-refractivity contribution < 1.29 is 4.79 Å². The third kappa shape index (κ3) is 2.59. The van der Waals surface area contributed by atoms with Crippen LogP contribution in [0.2, 0.25) is 0 Å². The molecule has 86 valence electrons. The van der Waals surface area contributed by atoms with Crippen LogP contribution in [0, 0.1) is 0 Å². The van der Waals surface area contributed by atoms with Crippen LogP contribution < -0.4 is 0 Å². The Hall–Kier alpha value is -0.960. The molecule has 1 aliphatic rings. The van der Waals surface area contributed by atoms with Gasteiger partial charge in [-0.25, -0.2) is 0 Å². The SMILES string of the molecule is O=C1CCCN1CC(CS)c1ccccc1. The molecule has 1 unspecified atom stereocenters. The van der Waals surface area contributed by atoms with E-state index in [1.807, 2.05) is 23.1 Å². The zero-order chi connectivity index (χ0) is 11.4. The van der Waals surface area contributed by atoms with E-state index in [4.69, 9.17) is 0 Å². The van der Waals surface area contributed by atoms with Crippen LogP contribution in [-0.2, 0) is 4.79 Å². The molecule has 1 fully saturated rings. The second-order valence-corrected chi connectivity index (χ2v) is 4.60. The van der Waals surface area contributed by atoms with Gasteiger partial charge in [-0.2, -0.15) is 12.6 Å². The number of benzene rings is 1. The lowest BCUT2D eigenvalue weighted by molar-refractivity contribution is -0.127. The quantitative estimate of drug-likeness (QED) is 0.794. The summed E-state index contributed by atoms with van der Waals surface area (Å²) in [4.78, 5) is 13.5. The van der Waals surface area contributed by atoms with Gasteiger partial charge in [0.25, 0.3) is 0 Å². The molecule has 1 aromatic rings. The second-order valence-electron chi connectivity index (χ2n) is 4.23. The highest BCUT2D eigenvalue weighted by molar-refractivity contribution is 7.80. The van der Waals surface area contributed by atoms with Crippen LogP contribution in [0.25, 0.3) is 0 Å². The van der Waals surface area contributed by atoms with Gasteiger partial charge in [-0.15, -0.1) is 0 Å². The van der Waals surface area contributed by atoms with E-state index in [1.54, 1.807) is 0 Å². The predicted octanol–water partition coefficient (Wildman–Crippen LogP) is 2.32. The van der Waals surface area contributed by atoms with Crippen molar-refractivity contribution in [2.24, 2.45) is 0 Å². The van der Waals surface area contributed by atoms with E-state index in [-0.39, 0.29) is 0 Å². The summed E-state index contributed by atoms with van der Waals surface area (Å²) < 4.78 is 0. The number of carbonyl (C=O) groups excluding carboxylic acids is 1. The Morgan fingerprint density at radius 2 is 2.06 bits per heavy atom. The Bertz CT molecular complexity index is 352. The molecular formula is C13H17NOS. The fraction of sp³-hybridized carbons (Fsp3) is 0.462. The highest BCUT2D eigenvalue weighted by atomic mass is 32.1. The maximum atomic E-state index is 11.6. The summed E-state index contributed by atoms with van der Waals surface area (Å²) in [5, 5.41) is 0. The molecule has 0 N–H and O–H groups in total. The van der Waals surface area contributed by atoms with Gasteiger partial charge < -0.3 is 4.90 Å². The van der Waals surface area contributed by atoms with Gasteiger partial charge in [0.05, 0.1) is 0 Å². The van der Waals surface area contributed by atoms with E-state index in [1.165, 1.54) is 5.56 Å². The van der Waals surface area contributed by atoms with E-state index in [9.17, 15) is 4.79 Å². The summed E-state index contributed by atoms with van der Waals surface area (Å²) >= 11 is 4.39. The number of likely N-dealkylation sites (tertiary alicyclic amines) is 1. The summed E-state index contributed by atoms with van der Waals surface area (Å²) in [6.45, 7) is 1.72. The Balaban J connectivity index is 2.03. The van der Waals surface area contributed by atoms with Crippen molar-refractivity contribution >= 4 is 18.5 Å². The van der Waals surface area contributed by atoms with Gasteiger partial charge in [-0.05, 0) is 17.7 Å². The topological polar surface area (TPSA) is 20.3 Å². The van der Waals surface area contributed by atoms with Gasteiger partial charge in [0, 0.05) is 25.4 Å².